The van der Waals surface area contributed by atoms with Gasteiger partial charge >= 0.3 is 6.03 Å². The monoisotopic (exact) mass is 433 g/mol. The maximum Gasteiger partial charge on any atom is 0.323 e. The molecule has 10 heteroatoms. The molecule has 30 heavy (non-hydrogen) atoms. The molecule has 2 aromatic heterocycles. The molecule has 0 unspecified atom stereocenters. The number of morpholine rings is 1. The Morgan fingerprint density at radius 3 is 2.70 bits per heavy atom. The van der Waals surface area contributed by atoms with Gasteiger partial charge in [0.15, 0.2) is 5.13 Å². The van der Waals surface area contributed by atoms with Gasteiger partial charge in [-0.15, -0.1) is 0 Å². The number of methoxy groups -OCH3 is 1. The van der Waals surface area contributed by atoms with E-state index in [0.717, 1.165) is 69.0 Å². The molecule has 0 radical (unpaired) electrons. The summed E-state index contributed by atoms with van der Waals surface area (Å²) in [5.74, 6) is 0.473. The van der Waals surface area contributed by atoms with Crippen molar-refractivity contribution in [1.82, 2.24) is 14.9 Å². The van der Waals surface area contributed by atoms with Crippen molar-refractivity contribution < 1.29 is 19.0 Å². The Balaban J connectivity index is 1.36. The molecule has 2 amide bonds. The summed E-state index contributed by atoms with van der Waals surface area (Å²) in [4.78, 5) is 26.2. The van der Waals surface area contributed by atoms with Gasteiger partial charge in [-0.05, 0) is 24.7 Å². The smallest absolute Gasteiger partial charge is 0.323 e. The van der Waals surface area contributed by atoms with Gasteiger partial charge in [-0.3, -0.25) is 5.32 Å². The summed E-state index contributed by atoms with van der Waals surface area (Å²) in [7, 11) is 1.59. The van der Waals surface area contributed by atoms with Gasteiger partial charge in [0.25, 0.3) is 0 Å². The number of ether oxygens (including phenoxy) is 3. The summed E-state index contributed by atoms with van der Waals surface area (Å²) in [6, 6.07) is -0.0859. The lowest BCUT2D eigenvalue weighted by molar-refractivity contribution is 0.0211. The molecule has 0 bridgehead atoms. The van der Waals surface area contributed by atoms with Gasteiger partial charge in [0, 0.05) is 39.4 Å². The lowest BCUT2D eigenvalue weighted by Gasteiger charge is -2.33. The Morgan fingerprint density at radius 1 is 1.17 bits per heavy atom. The molecule has 3 aliphatic rings. The van der Waals surface area contributed by atoms with Crippen LogP contribution in [-0.2, 0) is 9.47 Å². The molecular formula is C20H27N5O4S. The van der Waals surface area contributed by atoms with E-state index in [1.54, 1.807) is 7.11 Å². The number of likely N-dealkylation sites (tertiary alicyclic amines) is 1. The Kier molecular flexibility index (Phi) is 5.38. The largest absolute Gasteiger partial charge is 0.479 e. The second kappa shape index (κ2) is 8.16. The average molecular weight is 434 g/mol. The number of amides is 2. The van der Waals surface area contributed by atoms with Crippen LogP contribution in [0.3, 0.4) is 0 Å². The summed E-state index contributed by atoms with van der Waals surface area (Å²) >= 11 is 1.47. The third kappa shape index (κ3) is 3.67. The second-order valence-electron chi connectivity index (χ2n) is 8.16. The van der Waals surface area contributed by atoms with Crippen molar-refractivity contribution in [3.8, 4) is 5.88 Å². The molecule has 0 atom stereocenters. The lowest BCUT2D eigenvalue weighted by Crippen LogP contribution is -2.37. The van der Waals surface area contributed by atoms with Crippen LogP contribution in [0.1, 0.15) is 19.3 Å². The zero-order valence-electron chi connectivity index (χ0n) is 17.2. The molecule has 3 aliphatic heterocycles. The fraction of sp³-hybridized carbons (Fsp3) is 0.650. The number of anilines is 2. The number of carbonyl (C=O) groups excluding carboxylic acids is 1. The van der Waals surface area contributed by atoms with E-state index in [1.165, 1.54) is 11.3 Å². The Labute approximate surface area is 179 Å². The minimum Gasteiger partial charge on any atom is -0.479 e. The number of nitrogens with zero attached hydrogens (tertiary/aromatic N) is 4. The molecule has 1 N–H and O–H groups in total. The first kappa shape index (κ1) is 19.8. The summed E-state index contributed by atoms with van der Waals surface area (Å²) in [5, 5.41) is 3.59. The van der Waals surface area contributed by atoms with E-state index in [0.29, 0.717) is 29.7 Å². The summed E-state index contributed by atoms with van der Waals surface area (Å²) in [6.07, 6.45) is 4.93. The molecule has 3 fully saturated rings. The highest BCUT2D eigenvalue weighted by Gasteiger charge is 2.41. The van der Waals surface area contributed by atoms with E-state index < -0.39 is 0 Å². The van der Waals surface area contributed by atoms with Crippen LogP contribution in [0.15, 0.2) is 6.20 Å². The van der Waals surface area contributed by atoms with Crippen LogP contribution in [0.5, 0.6) is 5.88 Å². The highest BCUT2D eigenvalue weighted by Crippen LogP contribution is 2.41. The molecule has 3 saturated heterocycles. The standard InChI is InChI=1S/C20H27N5O4S/c1-27-17-15-16(14(12-21-17)24-6-10-29-11-7-24)30-18(22-15)23-19(26)25-5-2-20(13-25)3-8-28-9-4-20/h12H,2-11,13H2,1H3,(H,22,23,26). The number of aromatic nitrogens is 2. The van der Waals surface area contributed by atoms with Crippen molar-refractivity contribution in [3.63, 3.8) is 0 Å². The minimum absolute atomic E-state index is 0.0859. The van der Waals surface area contributed by atoms with Crippen molar-refractivity contribution in [2.45, 2.75) is 19.3 Å². The molecule has 1 spiro atoms. The number of urea groups is 1. The van der Waals surface area contributed by atoms with Gasteiger partial charge in [0.2, 0.25) is 5.88 Å². The van der Waals surface area contributed by atoms with Gasteiger partial charge in [0.05, 0.1) is 36.9 Å². The second-order valence-corrected chi connectivity index (χ2v) is 9.16. The number of fused-ring (bicyclic) bond motifs is 1. The molecule has 0 aliphatic carbocycles. The Bertz CT molecular complexity index is 923. The van der Waals surface area contributed by atoms with Gasteiger partial charge < -0.3 is 24.0 Å². The summed E-state index contributed by atoms with van der Waals surface area (Å²) in [6.45, 7) is 6.16. The van der Waals surface area contributed by atoms with E-state index in [1.807, 2.05) is 11.1 Å². The minimum atomic E-state index is -0.0859. The van der Waals surface area contributed by atoms with E-state index in [4.69, 9.17) is 14.2 Å². The lowest BCUT2D eigenvalue weighted by atomic mass is 9.80. The van der Waals surface area contributed by atoms with Gasteiger partial charge in [-0.2, -0.15) is 0 Å². The van der Waals surface area contributed by atoms with Crippen molar-refractivity contribution in [3.05, 3.63) is 6.20 Å². The van der Waals surface area contributed by atoms with Crippen molar-refractivity contribution in [1.29, 1.82) is 0 Å². The van der Waals surface area contributed by atoms with Crippen LogP contribution in [0, 0.1) is 5.41 Å². The molecule has 5 rings (SSSR count). The topological polar surface area (TPSA) is 89.1 Å². The number of pyridine rings is 1. The first-order valence-electron chi connectivity index (χ1n) is 10.5. The SMILES string of the molecule is COc1ncc(N2CCOCC2)c2sc(NC(=O)N3CCC4(CCOCC4)C3)nc12. The van der Waals surface area contributed by atoms with Crippen LogP contribution in [0.4, 0.5) is 15.6 Å². The molecule has 0 saturated carbocycles. The average Bonchev–Trinajstić information content (AvgIpc) is 3.38. The first-order valence-corrected chi connectivity index (χ1v) is 11.3. The summed E-state index contributed by atoms with van der Waals surface area (Å²) in [5.41, 5.74) is 1.92. The Hall–Kier alpha value is -2.17. The zero-order valence-corrected chi connectivity index (χ0v) is 18.0. The zero-order chi connectivity index (χ0) is 20.6. The predicted molar refractivity (Wildman–Crippen MR) is 115 cm³/mol. The van der Waals surface area contributed by atoms with Gasteiger partial charge in [0.1, 0.15) is 5.52 Å². The van der Waals surface area contributed by atoms with Crippen molar-refractivity contribution in [2.75, 3.05) is 69.9 Å². The number of thiazole rings is 1. The van der Waals surface area contributed by atoms with Gasteiger partial charge in [-0.25, -0.2) is 14.8 Å². The van der Waals surface area contributed by atoms with Crippen LogP contribution >= 0.6 is 11.3 Å². The maximum atomic E-state index is 12.9. The molecule has 162 valence electrons. The molecule has 9 nitrogen and oxygen atoms in total. The van der Waals surface area contributed by atoms with Crippen LogP contribution in [0.2, 0.25) is 0 Å². The Morgan fingerprint density at radius 2 is 1.93 bits per heavy atom. The predicted octanol–water partition coefficient (Wildman–Crippen LogP) is 2.57. The first-order chi connectivity index (χ1) is 14.7. The van der Waals surface area contributed by atoms with Crippen LogP contribution in [-0.4, -0.2) is 80.6 Å². The number of hydrogen-bond acceptors (Lipinski definition) is 8. The third-order valence-corrected chi connectivity index (χ3v) is 7.40. The molecule has 5 heterocycles. The molecule has 2 aromatic rings. The van der Waals surface area contributed by atoms with E-state index >= 15 is 0 Å². The van der Waals surface area contributed by atoms with Crippen molar-refractivity contribution in [2.24, 2.45) is 5.41 Å². The van der Waals surface area contributed by atoms with Crippen LogP contribution in [0.25, 0.3) is 10.2 Å². The van der Waals surface area contributed by atoms with Crippen LogP contribution < -0.4 is 15.0 Å². The van der Waals surface area contributed by atoms with Gasteiger partial charge in [-0.1, -0.05) is 11.3 Å². The fourth-order valence-electron chi connectivity index (χ4n) is 4.60. The van der Waals surface area contributed by atoms with Crippen molar-refractivity contribution >= 4 is 38.4 Å². The number of nitrogens with one attached hydrogen (secondary N) is 1. The van der Waals surface area contributed by atoms with E-state index in [9.17, 15) is 4.79 Å². The quantitative estimate of drug-likeness (QED) is 0.796. The van der Waals surface area contributed by atoms with E-state index in [-0.39, 0.29) is 11.4 Å². The maximum absolute atomic E-state index is 12.9. The third-order valence-electron chi connectivity index (χ3n) is 6.40. The molecule has 0 aromatic carbocycles. The fourth-order valence-corrected chi connectivity index (χ4v) is 5.59. The van der Waals surface area contributed by atoms with E-state index in [2.05, 4.69) is 20.2 Å². The highest BCUT2D eigenvalue weighted by molar-refractivity contribution is 7.23. The number of hydrogen-bond donors (Lipinski definition) is 1. The number of rotatable bonds is 3. The number of carbonyl (C=O) groups is 1. The highest BCUT2D eigenvalue weighted by atomic mass is 32.1. The summed E-state index contributed by atoms with van der Waals surface area (Å²) < 4.78 is 17.4. The normalized spacial score (nSPS) is 21.4. The molecular weight excluding hydrogens is 406 g/mol.